The number of halogens is 4. The Morgan fingerprint density at radius 2 is 0.911 bits per heavy atom. The van der Waals surface area contributed by atoms with Crippen molar-refractivity contribution in [1.82, 2.24) is 49.5 Å². The summed E-state index contributed by atoms with van der Waals surface area (Å²) in [6, 6.07) is 40.1. The molecule has 16 nitrogen and oxygen atoms in total. The van der Waals surface area contributed by atoms with E-state index in [1.165, 1.54) is 11.1 Å². The zero-order chi connectivity index (χ0) is 59.7. The van der Waals surface area contributed by atoms with Gasteiger partial charge in [0.2, 0.25) is 0 Å². The Bertz CT molecular complexity index is 3230. The molecule has 0 radical (unpaired) electrons. The molecule has 4 fully saturated rings. The predicted octanol–water partition coefficient (Wildman–Crippen LogP) is 12.6. The largest absolute Gasteiger partial charge is 0.385 e. The number of hydrogen-bond donors (Lipinski definition) is 4. The summed E-state index contributed by atoms with van der Waals surface area (Å²) in [5.41, 5.74) is 3.12. The first-order valence-electron chi connectivity index (χ1n) is 30.6. The lowest BCUT2D eigenvalue weighted by atomic mass is 9.80. The van der Waals surface area contributed by atoms with Crippen LogP contribution in [-0.4, -0.2) is 137 Å². The maximum absolute atomic E-state index is 14.4. The van der Waals surface area contributed by atoms with Crippen LogP contribution in [0.4, 0.5) is 0 Å². The first kappa shape index (κ1) is 71.9. The highest BCUT2D eigenvalue weighted by molar-refractivity contribution is 7.09. The van der Waals surface area contributed by atoms with Gasteiger partial charge in [-0.25, -0.2) is 19.9 Å². The summed E-state index contributed by atoms with van der Waals surface area (Å²) in [4.78, 5) is 51.2. The fourth-order valence-corrected chi connectivity index (χ4v) is 14.5. The second-order valence-electron chi connectivity index (χ2n) is 24.5. The van der Waals surface area contributed by atoms with Crippen LogP contribution >= 0.6 is 72.3 Å². The number of piperazine rings is 2. The van der Waals surface area contributed by atoms with Gasteiger partial charge in [-0.3, -0.25) is 9.59 Å². The Kier molecular flexibility index (Phi) is 25.8. The molecule has 0 bridgehead atoms. The third-order valence-corrected chi connectivity index (χ3v) is 19.9. The van der Waals surface area contributed by atoms with E-state index < -0.39 is 22.4 Å². The van der Waals surface area contributed by atoms with E-state index in [1.807, 2.05) is 145 Å². The summed E-state index contributed by atoms with van der Waals surface area (Å²) < 4.78 is 16.9. The van der Waals surface area contributed by atoms with Gasteiger partial charge in [0.1, 0.15) is 32.4 Å². The zero-order valence-corrected chi connectivity index (χ0v) is 56.5. The standard InChI is InChI=1S/2C34H41N5O3S.4ClH/c2*1-33(2,32-36-18-20-43-32)42-23-34(41)16-10-9-15-28(34)39-24-37-29(30(39)26-13-7-4-8-14-26)31(40)38-19-17-35-22-27(38)21-25-11-5-3-6-12-25;;;;/h2*3-8,11-14,18,20,24,27-28,35,41H,9-10,15-17,19,21-23H2,1-2H3;4*1H/t27-,28+,34+;27-,28-,34-;;;;/m11..../s1. The minimum Gasteiger partial charge on any atom is -0.385 e. The van der Waals surface area contributed by atoms with Crippen molar-refractivity contribution in [2.24, 2.45) is 0 Å². The number of ether oxygens (including phenoxy) is 2. The van der Waals surface area contributed by atoms with Crippen molar-refractivity contribution in [3.05, 3.63) is 190 Å². The average Bonchev–Trinajstić information content (AvgIpc) is 1.61. The molecule has 2 aliphatic carbocycles. The fourth-order valence-electron chi connectivity index (χ4n) is 13.1. The Balaban J connectivity index is 0.000000245. The van der Waals surface area contributed by atoms with E-state index in [0.717, 1.165) is 110 Å². The molecular formula is C68H86Cl4N10O6S2. The summed E-state index contributed by atoms with van der Waals surface area (Å²) in [5, 5.41) is 37.0. The van der Waals surface area contributed by atoms with Gasteiger partial charge in [0.05, 0.1) is 49.3 Å². The second-order valence-corrected chi connectivity index (χ2v) is 26.3. The van der Waals surface area contributed by atoms with Crippen LogP contribution in [0.15, 0.2) is 157 Å². The van der Waals surface area contributed by atoms with Crippen LogP contribution in [0.25, 0.3) is 22.5 Å². The topological polar surface area (TPSA) is 185 Å². The van der Waals surface area contributed by atoms with Crippen molar-refractivity contribution in [2.75, 3.05) is 52.5 Å². The number of aromatic nitrogens is 6. The van der Waals surface area contributed by atoms with Gasteiger partial charge in [-0.15, -0.1) is 72.3 Å². The fraction of sp³-hybridized carbons (Fsp3) is 0.441. The van der Waals surface area contributed by atoms with Crippen LogP contribution in [0.5, 0.6) is 0 Å². The van der Waals surface area contributed by atoms with Gasteiger partial charge >= 0.3 is 0 Å². The second kappa shape index (κ2) is 32.3. The number of thiazole rings is 2. The summed E-state index contributed by atoms with van der Waals surface area (Å²) in [5.74, 6) is -0.138. The van der Waals surface area contributed by atoms with Crippen LogP contribution in [-0.2, 0) is 33.5 Å². The molecule has 4 N–H and O–H groups in total. The lowest BCUT2D eigenvalue weighted by Crippen LogP contribution is -2.54. The highest BCUT2D eigenvalue weighted by atomic mass is 35.5. The smallest absolute Gasteiger partial charge is 0.275 e. The number of aliphatic hydroxyl groups is 2. The molecule has 0 spiro atoms. The van der Waals surface area contributed by atoms with Crippen LogP contribution in [0, 0.1) is 0 Å². The monoisotopic (exact) mass is 1340 g/mol. The maximum atomic E-state index is 14.4. The van der Waals surface area contributed by atoms with E-state index in [0.29, 0.717) is 37.3 Å². The van der Waals surface area contributed by atoms with Crippen LogP contribution in [0.1, 0.15) is 133 Å². The molecule has 12 rings (SSSR count). The van der Waals surface area contributed by atoms with Crippen molar-refractivity contribution in [1.29, 1.82) is 0 Å². The predicted molar refractivity (Wildman–Crippen MR) is 367 cm³/mol. The summed E-state index contributed by atoms with van der Waals surface area (Å²) in [6.45, 7) is 12.5. The Morgan fingerprint density at radius 3 is 1.27 bits per heavy atom. The van der Waals surface area contributed by atoms with E-state index >= 15 is 0 Å². The van der Waals surface area contributed by atoms with Gasteiger partial charge in [0.25, 0.3) is 11.8 Å². The first-order chi connectivity index (χ1) is 41.7. The number of nitrogens with one attached hydrogen (secondary N) is 2. The molecule has 0 unspecified atom stereocenters. The molecule has 4 aromatic carbocycles. The summed E-state index contributed by atoms with van der Waals surface area (Å²) in [6.07, 6.45) is 15.2. The molecule has 2 amide bonds. The molecule has 8 aromatic rings. The van der Waals surface area contributed by atoms with Crippen molar-refractivity contribution >= 4 is 84.1 Å². The average molecular weight is 1350 g/mol. The molecule has 2 saturated heterocycles. The number of hydrogen-bond acceptors (Lipinski definition) is 14. The number of nitrogens with zero attached hydrogens (tertiary/aromatic N) is 8. The SMILES string of the molecule is CC(C)(OC[C@@]1(O)CCCC[C@@H]1n1cnc(C(=O)N2CCNC[C@H]2Cc2ccccc2)c1-c1ccccc1)c1nccs1.CC(C)(OC[C@]1(O)CCCC[C@H]1n1cnc(C(=O)N2CCNC[C@H]2Cc2ccccc2)c1-c1ccccc1)c1nccs1.Cl.Cl.Cl.Cl. The third kappa shape index (κ3) is 16.4. The molecule has 22 heteroatoms. The number of carbonyl (C=O) groups excluding carboxylic acids is 2. The van der Waals surface area contributed by atoms with Gasteiger partial charge in [0.15, 0.2) is 11.4 Å². The lowest BCUT2D eigenvalue weighted by molar-refractivity contribution is -0.142. The molecule has 90 heavy (non-hydrogen) atoms. The molecule has 4 aromatic heterocycles. The molecule has 484 valence electrons. The first-order valence-corrected chi connectivity index (χ1v) is 32.4. The zero-order valence-electron chi connectivity index (χ0n) is 51.6. The molecular weight excluding hydrogens is 1260 g/mol. The minimum absolute atomic E-state index is 0. The van der Waals surface area contributed by atoms with E-state index in [1.54, 1.807) is 47.7 Å². The normalized spacial score (nSPS) is 21.9. The Labute approximate surface area is 562 Å². The van der Waals surface area contributed by atoms with Gasteiger partial charge < -0.3 is 49.3 Å². The summed E-state index contributed by atoms with van der Waals surface area (Å²) in [7, 11) is 0. The lowest BCUT2D eigenvalue weighted by Gasteiger charge is -2.42. The van der Waals surface area contributed by atoms with E-state index in [9.17, 15) is 19.8 Å². The van der Waals surface area contributed by atoms with Crippen LogP contribution in [0.2, 0.25) is 0 Å². The third-order valence-electron chi connectivity index (χ3n) is 17.8. The molecule has 6 atom stereocenters. The number of rotatable bonds is 18. The highest BCUT2D eigenvalue weighted by Crippen LogP contribution is 2.45. The van der Waals surface area contributed by atoms with Crippen molar-refractivity contribution < 1.29 is 29.3 Å². The van der Waals surface area contributed by atoms with Gasteiger partial charge in [-0.2, -0.15) is 0 Å². The number of benzene rings is 4. The molecule has 2 aliphatic heterocycles. The van der Waals surface area contributed by atoms with E-state index in [2.05, 4.69) is 54.0 Å². The maximum Gasteiger partial charge on any atom is 0.275 e. The number of imidazole rings is 2. The number of amides is 2. The minimum atomic E-state index is -1.12. The number of carbonyl (C=O) groups is 2. The summed E-state index contributed by atoms with van der Waals surface area (Å²) >= 11 is 3.11. The van der Waals surface area contributed by atoms with Crippen molar-refractivity contribution in [2.45, 2.75) is 138 Å². The Morgan fingerprint density at radius 1 is 0.544 bits per heavy atom. The van der Waals surface area contributed by atoms with Gasteiger partial charge in [-0.1, -0.05) is 147 Å². The van der Waals surface area contributed by atoms with Crippen molar-refractivity contribution in [3.8, 4) is 22.5 Å². The molecule has 6 heterocycles. The van der Waals surface area contributed by atoms with Crippen LogP contribution in [0.3, 0.4) is 0 Å². The quantitative estimate of drug-likeness (QED) is 0.0638. The van der Waals surface area contributed by atoms with E-state index in [4.69, 9.17) is 19.4 Å². The molecule has 2 saturated carbocycles. The van der Waals surface area contributed by atoms with Gasteiger partial charge in [0, 0.05) is 85.6 Å². The molecule has 4 aliphatic rings. The van der Waals surface area contributed by atoms with E-state index in [-0.39, 0.29) is 98.8 Å². The highest BCUT2D eigenvalue weighted by Gasteiger charge is 2.46. The van der Waals surface area contributed by atoms with Crippen molar-refractivity contribution in [3.63, 3.8) is 0 Å². The Hall–Kier alpha value is -5.58. The van der Waals surface area contributed by atoms with Crippen LogP contribution < -0.4 is 10.6 Å². The van der Waals surface area contributed by atoms with Gasteiger partial charge in [-0.05, 0) is 77.3 Å².